The number of sulfonamides is 1. The lowest BCUT2D eigenvalue weighted by molar-refractivity contribution is -0.126. The van der Waals surface area contributed by atoms with Gasteiger partial charge in [-0.3, -0.25) is 4.79 Å². The molecule has 1 fully saturated rings. The molecule has 0 N–H and O–H groups in total. The number of hydrogen-bond acceptors (Lipinski definition) is 5. The number of halogens is 1. The fraction of sp³-hybridized carbons (Fsp3) is 0.364. The maximum Gasteiger partial charge on any atom is 0.338 e. The van der Waals surface area contributed by atoms with Gasteiger partial charge >= 0.3 is 5.97 Å². The van der Waals surface area contributed by atoms with Gasteiger partial charge in [-0.25, -0.2) is 13.2 Å². The van der Waals surface area contributed by atoms with Crippen LogP contribution in [0.15, 0.2) is 47.4 Å². The van der Waals surface area contributed by atoms with Gasteiger partial charge in [0.2, 0.25) is 10.0 Å². The van der Waals surface area contributed by atoms with Crippen molar-refractivity contribution < 1.29 is 22.7 Å². The van der Waals surface area contributed by atoms with Gasteiger partial charge in [-0.2, -0.15) is 4.31 Å². The fourth-order valence-corrected chi connectivity index (χ4v) is 5.98. The van der Waals surface area contributed by atoms with E-state index in [9.17, 15) is 18.0 Å². The maximum absolute atomic E-state index is 12.9. The van der Waals surface area contributed by atoms with Crippen LogP contribution in [0.1, 0.15) is 35.7 Å². The molecule has 1 atom stereocenters. The number of esters is 1. The van der Waals surface area contributed by atoms with Crippen LogP contribution >= 0.6 is 11.6 Å². The summed E-state index contributed by atoms with van der Waals surface area (Å²) in [5.41, 5.74) is 1.92. The van der Waals surface area contributed by atoms with E-state index in [0.29, 0.717) is 19.6 Å². The topological polar surface area (TPSA) is 84.0 Å². The van der Waals surface area contributed by atoms with E-state index in [1.807, 2.05) is 24.3 Å². The number of anilines is 1. The first-order valence-electron chi connectivity index (χ1n) is 10.2. The molecule has 0 spiro atoms. The number of para-hydroxylation sites is 1. The van der Waals surface area contributed by atoms with Crippen molar-refractivity contribution in [1.29, 1.82) is 0 Å². The molecule has 2 aliphatic heterocycles. The molecule has 0 bridgehead atoms. The first-order valence-corrected chi connectivity index (χ1v) is 12.0. The van der Waals surface area contributed by atoms with Crippen molar-refractivity contribution in [2.75, 3.05) is 24.5 Å². The number of amides is 1. The molecule has 0 unspecified atom stereocenters. The molecule has 1 saturated heterocycles. The Morgan fingerprint density at radius 2 is 1.77 bits per heavy atom. The van der Waals surface area contributed by atoms with E-state index in [4.69, 9.17) is 16.3 Å². The molecule has 31 heavy (non-hydrogen) atoms. The molecule has 0 saturated carbocycles. The Morgan fingerprint density at radius 1 is 1.06 bits per heavy atom. The Bertz CT molecular complexity index is 1130. The van der Waals surface area contributed by atoms with Gasteiger partial charge in [-0.05, 0) is 56.0 Å². The summed E-state index contributed by atoms with van der Waals surface area (Å²) in [5.74, 6) is -1.10. The molecule has 4 rings (SSSR count). The van der Waals surface area contributed by atoms with Gasteiger partial charge in [0.25, 0.3) is 5.91 Å². The Kier molecular flexibility index (Phi) is 6.05. The van der Waals surface area contributed by atoms with Crippen molar-refractivity contribution in [3.8, 4) is 0 Å². The lowest BCUT2D eigenvalue weighted by Gasteiger charge is -2.22. The van der Waals surface area contributed by atoms with Crippen LogP contribution in [-0.2, 0) is 26.0 Å². The molecule has 2 aromatic carbocycles. The molecular formula is C22H23ClN2O5S. The minimum Gasteiger partial charge on any atom is -0.449 e. The van der Waals surface area contributed by atoms with E-state index < -0.39 is 22.1 Å². The lowest BCUT2D eigenvalue weighted by atomic mass is 10.2. The fourth-order valence-electron chi connectivity index (χ4n) is 3.96. The summed E-state index contributed by atoms with van der Waals surface area (Å²) >= 11 is 6.14. The highest BCUT2D eigenvalue weighted by Crippen LogP contribution is 2.30. The van der Waals surface area contributed by atoms with Crippen LogP contribution in [0.5, 0.6) is 0 Å². The van der Waals surface area contributed by atoms with Crippen LogP contribution in [0, 0.1) is 0 Å². The van der Waals surface area contributed by atoms with Crippen molar-refractivity contribution in [3.63, 3.8) is 0 Å². The number of ether oxygens (including phenoxy) is 1. The number of rotatable bonds is 5. The average molecular weight is 463 g/mol. The number of nitrogens with zero attached hydrogens (tertiary/aromatic N) is 2. The van der Waals surface area contributed by atoms with Crippen molar-refractivity contribution in [2.24, 2.45) is 0 Å². The van der Waals surface area contributed by atoms with Crippen molar-refractivity contribution in [3.05, 3.63) is 58.6 Å². The molecule has 2 aromatic rings. The highest BCUT2D eigenvalue weighted by molar-refractivity contribution is 7.89. The number of fused-ring (bicyclic) bond motifs is 1. The second kappa shape index (κ2) is 8.61. The molecule has 9 heteroatoms. The molecule has 1 amide bonds. The van der Waals surface area contributed by atoms with Gasteiger partial charge in [0.15, 0.2) is 6.10 Å². The normalized spacial score (nSPS) is 17.4. The van der Waals surface area contributed by atoms with Crippen LogP contribution in [0.4, 0.5) is 5.69 Å². The maximum atomic E-state index is 12.9. The summed E-state index contributed by atoms with van der Waals surface area (Å²) < 4.78 is 32.5. The van der Waals surface area contributed by atoms with Gasteiger partial charge in [-0.15, -0.1) is 0 Å². The third kappa shape index (κ3) is 4.20. The predicted octanol–water partition coefficient (Wildman–Crippen LogP) is 3.26. The van der Waals surface area contributed by atoms with Crippen molar-refractivity contribution in [1.82, 2.24) is 4.31 Å². The van der Waals surface area contributed by atoms with Crippen LogP contribution in [-0.4, -0.2) is 50.3 Å². The van der Waals surface area contributed by atoms with Crippen molar-refractivity contribution in [2.45, 2.75) is 37.2 Å². The van der Waals surface area contributed by atoms with Gasteiger partial charge in [0.05, 0.1) is 10.6 Å². The Labute approximate surface area is 186 Å². The SMILES string of the molecule is C[C@@H](OC(=O)c1ccc(Cl)c(S(=O)(=O)N2CCCC2)c1)C(=O)N1CCc2ccccc21. The second-order valence-electron chi connectivity index (χ2n) is 7.67. The summed E-state index contributed by atoms with van der Waals surface area (Å²) in [4.78, 5) is 27.0. The van der Waals surface area contributed by atoms with Gasteiger partial charge < -0.3 is 9.64 Å². The van der Waals surface area contributed by atoms with Crippen molar-refractivity contribution >= 4 is 39.2 Å². The number of hydrogen-bond donors (Lipinski definition) is 0. The molecule has 0 aliphatic carbocycles. The standard InChI is InChI=1S/C22H23ClN2O5S/c1-15(21(26)25-13-10-16-6-2-3-7-19(16)25)30-22(27)17-8-9-18(23)20(14-17)31(28,29)24-11-4-5-12-24/h2-3,6-9,14-15H,4-5,10-13H2,1H3/t15-/m1/s1. The zero-order chi connectivity index (χ0) is 22.2. The zero-order valence-corrected chi connectivity index (χ0v) is 18.7. The van der Waals surface area contributed by atoms with E-state index >= 15 is 0 Å². The van der Waals surface area contributed by atoms with E-state index in [1.165, 1.54) is 29.4 Å². The molecule has 164 valence electrons. The molecule has 0 aromatic heterocycles. The molecule has 0 radical (unpaired) electrons. The van der Waals surface area contributed by atoms with Gasteiger partial charge in [-0.1, -0.05) is 29.8 Å². The van der Waals surface area contributed by atoms with E-state index in [0.717, 1.165) is 30.5 Å². The number of carbonyl (C=O) groups excluding carboxylic acids is 2. The van der Waals surface area contributed by atoms with Gasteiger partial charge in [0, 0.05) is 25.3 Å². The lowest BCUT2D eigenvalue weighted by Crippen LogP contribution is -2.39. The Morgan fingerprint density at radius 3 is 2.52 bits per heavy atom. The smallest absolute Gasteiger partial charge is 0.338 e. The monoisotopic (exact) mass is 462 g/mol. The van der Waals surface area contributed by atoms with Crippen LogP contribution in [0.3, 0.4) is 0 Å². The summed E-state index contributed by atoms with van der Waals surface area (Å²) in [6, 6.07) is 11.6. The zero-order valence-electron chi connectivity index (χ0n) is 17.1. The first-order chi connectivity index (χ1) is 14.8. The summed E-state index contributed by atoms with van der Waals surface area (Å²) in [6.07, 6.45) is 1.31. The quantitative estimate of drug-likeness (QED) is 0.637. The summed E-state index contributed by atoms with van der Waals surface area (Å²) in [7, 11) is -3.80. The Hall–Kier alpha value is -2.42. The van der Waals surface area contributed by atoms with Crippen LogP contribution in [0.25, 0.3) is 0 Å². The average Bonchev–Trinajstić information content (AvgIpc) is 3.44. The Balaban J connectivity index is 1.51. The highest BCUT2D eigenvalue weighted by atomic mass is 35.5. The number of benzene rings is 2. The second-order valence-corrected chi connectivity index (χ2v) is 9.99. The van der Waals surface area contributed by atoms with Crippen LogP contribution in [0.2, 0.25) is 5.02 Å². The summed E-state index contributed by atoms with van der Waals surface area (Å²) in [5, 5.41) is 0.0428. The third-order valence-corrected chi connectivity index (χ3v) is 8.01. The van der Waals surface area contributed by atoms with E-state index in [2.05, 4.69) is 0 Å². The molecule has 7 nitrogen and oxygen atoms in total. The molecule has 2 heterocycles. The van der Waals surface area contributed by atoms with Gasteiger partial charge in [0.1, 0.15) is 4.90 Å². The predicted molar refractivity (Wildman–Crippen MR) is 117 cm³/mol. The van der Waals surface area contributed by atoms with Crippen LogP contribution < -0.4 is 4.90 Å². The largest absolute Gasteiger partial charge is 0.449 e. The number of carbonyl (C=O) groups is 2. The summed E-state index contributed by atoms with van der Waals surface area (Å²) in [6.45, 7) is 2.89. The third-order valence-electron chi connectivity index (χ3n) is 5.63. The molecular weight excluding hydrogens is 440 g/mol. The van der Waals surface area contributed by atoms with E-state index in [1.54, 1.807) is 4.90 Å². The van der Waals surface area contributed by atoms with E-state index in [-0.39, 0.29) is 21.4 Å². The minimum absolute atomic E-state index is 0.0312. The minimum atomic E-state index is -3.80. The molecule has 2 aliphatic rings. The first kappa shape index (κ1) is 21.8. The highest BCUT2D eigenvalue weighted by Gasteiger charge is 2.32.